The SMILES string of the molecule is CN(CCO)Cc1ccc2c(c1)N=C(N)c1sccc1C2. The highest BCUT2D eigenvalue weighted by Crippen LogP contribution is 2.31. The number of hydrogen-bond acceptors (Lipinski definition) is 5. The molecule has 2 aromatic rings. The first-order valence-corrected chi connectivity index (χ1v) is 7.87. The summed E-state index contributed by atoms with van der Waals surface area (Å²) >= 11 is 1.65. The standard InChI is InChI=1S/C16H19N3OS/c1-19(5-6-20)10-11-2-3-12-9-13-4-7-21-15(13)16(17)18-14(12)8-11/h2-4,7-8,20H,5-6,9-10H2,1H3,(H2,17,18). The number of rotatable bonds is 4. The summed E-state index contributed by atoms with van der Waals surface area (Å²) in [6.45, 7) is 1.64. The lowest BCUT2D eigenvalue weighted by molar-refractivity contribution is 0.217. The summed E-state index contributed by atoms with van der Waals surface area (Å²) in [6.07, 6.45) is 0.880. The lowest BCUT2D eigenvalue weighted by atomic mass is 10.0. The third-order valence-electron chi connectivity index (χ3n) is 3.69. The summed E-state index contributed by atoms with van der Waals surface area (Å²) < 4.78 is 0. The largest absolute Gasteiger partial charge is 0.395 e. The third-order valence-corrected chi connectivity index (χ3v) is 4.66. The average molecular weight is 301 g/mol. The molecule has 5 heteroatoms. The summed E-state index contributed by atoms with van der Waals surface area (Å²) in [5.74, 6) is 0.611. The van der Waals surface area contributed by atoms with E-state index in [-0.39, 0.29) is 6.61 Å². The zero-order valence-corrected chi connectivity index (χ0v) is 12.9. The van der Waals surface area contributed by atoms with E-state index in [1.54, 1.807) is 11.3 Å². The quantitative estimate of drug-likeness (QED) is 0.909. The summed E-state index contributed by atoms with van der Waals surface area (Å²) in [6, 6.07) is 8.50. The molecule has 0 saturated carbocycles. The van der Waals surface area contributed by atoms with Gasteiger partial charge in [-0.3, -0.25) is 4.90 Å². The predicted octanol–water partition coefficient (Wildman–Crippen LogP) is 2.11. The minimum atomic E-state index is 0.173. The van der Waals surface area contributed by atoms with Crippen molar-refractivity contribution < 1.29 is 5.11 Å². The topological polar surface area (TPSA) is 61.8 Å². The van der Waals surface area contributed by atoms with Gasteiger partial charge in [0.05, 0.1) is 17.2 Å². The Balaban J connectivity index is 1.91. The predicted molar refractivity (Wildman–Crippen MR) is 87.4 cm³/mol. The first-order valence-electron chi connectivity index (χ1n) is 6.99. The molecule has 0 radical (unpaired) electrons. The number of aliphatic imine (C=N–C) groups is 1. The molecule has 1 aromatic heterocycles. The van der Waals surface area contributed by atoms with Crippen molar-refractivity contribution in [3.05, 3.63) is 51.2 Å². The van der Waals surface area contributed by atoms with E-state index in [1.807, 2.05) is 7.05 Å². The van der Waals surface area contributed by atoms with E-state index in [9.17, 15) is 0 Å². The molecule has 2 heterocycles. The molecule has 1 aliphatic rings. The van der Waals surface area contributed by atoms with Crippen LogP contribution in [0, 0.1) is 0 Å². The van der Waals surface area contributed by atoms with Crippen molar-refractivity contribution in [3.8, 4) is 0 Å². The van der Waals surface area contributed by atoms with E-state index in [4.69, 9.17) is 10.8 Å². The van der Waals surface area contributed by atoms with E-state index in [0.29, 0.717) is 12.4 Å². The second-order valence-electron chi connectivity index (χ2n) is 5.37. The fourth-order valence-electron chi connectivity index (χ4n) is 2.61. The number of aliphatic hydroxyl groups is 1. The van der Waals surface area contributed by atoms with Gasteiger partial charge in [-0.25, -0.2) is 4.99 Å². The Morgan fingerprint density at radius 1 is 1.33 bits per heavy atom. The molecule has 0 unspecified atom stereocenters. The zero-order chi connectivity index (χ0) is 14.8. The number of hydrogen-bond donors (Lipinski definition) is 2. The van der Waals surface area contributed by atoms with Crippen LogP contribution in [0.1, 0.15) is 21.6 Å². The molecule has 3 N–H and O–H groups in total. The molecule has 0 atom stereocenters. The molecule has 0 spiro atoms. The Morgan fingerprint density at radius 2 is 2.19 bits per heavy atom. The van der Waals surface area contributed by atoms with Gasteiger partial charge in [-0.2, -0.15) is 0 Å². The lowest BCUT2D eigenvalue weighted by Crippen LogP contribution is -2.21. The number of likely N-dealkylation sites (N-methyl/N-ethyl adjacent to an activating group) is 1. The van der Waals surface area contributed by atoms with Gasteiger partial charge in [-0.05, 0) is 41.3 Å². The number of nitrogens with two attached hydrogens (primary N) is 1. The molecule has 0 saturated heterocycles. The Kier molecular flexibility index (Phi) is 4.05. The Hall–Kier alpha value is -1.69. The second kappa shape index (κ2) is 5.97. The number of fused-ring (bicyclic) bond motifs is 2. The van der Waals surface area contributed by atoms with Gasteiger partial charge in [0.25, 0.3) is 0 Å². The van der Waals surface area contributed by atoms with Crippen LogP contribution < -0.4 is 5.73 Å². The van der Waals surface area contributed by atoms with E-state index in [0.717, 1.165) is 23.5 Å². The number of benzene rings is 1. The highest BCUT2D eigenvalue weighted by Gasteiger charge is 2.16. The van der Waals surface area contributed by atoms with Crippen molar-refractivity contribution in [2.24, 2.45) is 10.7 Å². The fraction of sp³-hybridized carbons (Fsp3) is 0.312. The Morgan fingerprint density at radius 3 is 3.00 bits per heavy atom. The summed E-state index contributed by atoms with van der Waals surface area (Å²) in [4.78, 5) is 7.78. The molecule has 4 nitrogen and oxygen atoms in total. The van der Waals surface area contributed by atoms with Gasteiger partial charge in [0.1, 0.15) is 5.84 Å². The van der Waals surface area contributed by atoms with E-state index >= 15 is 0 Å². The van der Waals surface area contributed by atoms with Crippen LogP contribution in [0.25, 0.3) is 0 Å². The smallest absolute Gasteiger partial charge is 0.141 e. The molecule has 1 aliphatic heterocycles. The summed E-state index contributed by atoms with van der Waals surface area (Å²) in [5, 5.41) is 11.0. The normalized spacial score (nSPS) is 13.6. The molecule has 1 aromatic carbocycles. The molecular formula is C16H19N3OS. The van der Waals surface area contributed by atoms with Crippen LogP contribution in [0.4, 0.5) is 5.69 Å². The number of amidine groups is 1. The first kappa shape index (κ1) is 14.3. The summed E-state index contributed by atoms with van der Waals surface area (Å²) in [7, 11) is 2.00. The first-order chi connectivity index (χ1) is 10.2. The fourth-order valence-corrected chi connectivity index (χ4v) is 3.43. The maximum atomic E-state index is 8.98. The van der Waals surface area contributed by atoms with Gasteiger partial charge in [0.15, 0.2) is 0 Å². The highest BCUT2D eigenvalue weighted by atomic mass is 32.1. The van der Waals surface area contributed by atoms with Crippen LogP contribution >= 0.6 is 11.3 Å². The van der Waals surface area contributed by atoms with E-state index in [1.165, 1.54) is 16.7 Å². The van der Waals surface area contributed by atoms with Gasteiger partial charge >= 0.3 is 0 Å². The van der Waals surface area contributed by atoms with Crippen LogP contribution in [0.3, 0.4) is 0 Å². The Bertz CT molecular complexity index is 678. The van der Waals surface area contributed by atoms with Crippen molar-refractivity contribution in [1.29, 1.82) is 0 Å². The van der Waals surface area contributed by atoms with E-state index in [2.05, 4.69) is 39.5 Å². The van der Waals surface area contributed by atoms with Crippen molar-refractivity contribution >= 4 is 22.9 Å². The minimum absolute atomic E-state index is 0.173. The number of thiophene rings is 1. The third kappa shape index (κ3) is 3.00. The van der Waals surface area contributed by atoms with Crippen LogP contribution in [0.2, 0.25) is 0 Å². The lowest BCUT2D eigenvalue weighted by Gasteiger charge is -2.16. The van der Waals surface area contributed by atoms with Crippen molar-refractivity contribution in [3.63, 3.8) is 0 Å². The maximum Gasteiger partial charge on any atom is 0.141 e. The minimum Gasteiger partial charge on any atom is -0.395 e. The molecule has 0 bridgehead atoms. The molecule has 0 amide bonds. The van der Waals surface area contributed by atoms with Gasteiger partial charge in [0.2, 0.25) is 0 Å². The van der Waals surface area contributed by atoms with E-state index < -0.39 is 0 Å². The van der Waals surface area contributed by atoms with Crippen molar-refractivity contribution in [1.82, 2.24) is 4.90 Å². The van der Waals surface area contributed by atoms with Gasteiger partial charge in [-0.15, -0.1) is 11.3 Å². The van der Waals surface area contributed by atoms with Crippen LogP contribution in [0.15, 0.2) is 34.6 Å². The molecule has 21 heavy (non-hydrogen) atoms. The van der Waals surface area contributed by atoms with Crippen LogP contribution in [0.5, 0.6) is 0 Å². The molecular weight excluding hydrogens is 282 g/mol. The highest BCUT2D eigenvalue weighted by molar-refractivity contribution is 7.12. The van der Waals surface area contributed by atoms with Crippen LogP contribution in [-0.4, -0.2) is 36.0 Å². The van der Waals surface area contributed by atoms with Gasteiger partial charge < -0.3 is 10.8 Å². The van der Waals surface area contributed by atoms with Crippen molar-refractivity contribution in [2.75, 3.05) is 20.2 Å². The molecule has 0 aliphatic carbocycles. The maximum absolute atomic E-state index is 8.98. The number of aliphatic hydroxyl groups excluding tert-OH is 1. The summed E-state index contributed by atoms with van der Waals surface area (Å²) in [5.41, 5.74) is 10.7. The zero-order valence-electron chi connectivity index (χ0n) is 12.0. The van der Waals surface area contributed by atoms with Gasteiger partial charge in [-0.1, -0.05) is 12.1 Å². The monoisotopic (exact) mass is 301 g/mol. The molecule has 0 fully saturated rings. The average Bonchev–Trinajstić information content (AvgIpc) is 2.85. The second-order valence-corrected chi connectivity index (χ2v) is 6.29. The molecule has 3 rings (SSSR count). The molecule has 110 valence electrons. The Labute approximate surface area is 128 Å². The van der Waals surface area contributed by atoms with Gasteiger partial charge in [0, 0.05) is 19.5 Å². The van der Waals surface area contributed by atoms with Crippen molar-refractivity contribution in [2.45, 2.75) is 13.0 Å². The van der Waals surface area contributed by atoms with Crippen LogP contribution in [-0.2, 0) is 13.0 Å². The number of nitrogens with zero attached hydrogens (tertiary/aromatic N) is 2.